The average Bonchev–Trinajstić information content (AvgIpc) is 2.17. The van der Waals surface area contributed by atoms with Crippen LogP contribution < -0.4 is 0 Å². The van der Waals surface area contributed by atoms with Crippen LogP contribution in [0.15, 0.2) is 0 Å². The van der Waals surface area contributed by atoms with Gasteiger partial charge in [-0.15, -0.1) is 0 Å². The summed E-state index contributed by atoms with van der Waals surface area (Å²) < 4.78 is 5.26. The minimum Gasteiger partial charge on any atom is -0.366 e. The molecular formula is C12H20O. The van der Waals surface area contributed by atoms with E-state index in [2.05, 4.69) is 11.8 Å². The molecule has 74 valence electrons. The minimum absolute atomic E-state index is 0.266. The van der Waals surface area contributed by atoms with Crippen molar-refractivity contribution < 1.29 is 4.74 Å². The van der Waals surface area contributed by atoms with Crippen molar-refractivity contribution >= 4 is 0 Å². The normalized spacial score (nSPS) is 19.3. The van der Waals surface area contributed by atoms with Crippen LogP contribution in [-0.2, 0) is 4.74 Å². The van der Waals surface area contributed by atoms with Crippen LogP contribution in [0.3, 0.4) is 0 Å². The van der Waals surface area contributed by atoms with Crippen LogP contribution in [0.25, 0.3) is 0 Å². The third-order valence-corrected chi connectivity index (χ3v) is 2.69. The van der Waals surface area contributed by atoms with Gasteiger partial charge in [0.2, 0.25) is 0 Å². The molecule has 0 radical (unpaired) electrons. The Bertz CT molecular complexity index is 201. The van der Waals surface area contributed by atoms with Crippen LogP contribution in [-0.4, -0.2) is 12.7 Å². The molecule has 0 spiro atoms. The lowest BCUT2D eigenvalue weighted by Crippen LogP contribution is -2.19. The molecule has 0 aromatic carbocycles. The van der Waals surface area contributed by atoms with Gasteiger partial charge < -0.3 is 4.74 Å². The van der Waals surface area contributed by atoms with Crippen molar-refractivity contribution in [3.63, 3.8) is 0 Å². The molecule has 0 bridgehead atoms. The molecule has 1 saturated carbocycles. The van der Waals surface area contributed by atoms with Crippen molar-refractivity contribution in [1.29, 1.82) is 0 Å². The molecule has 1 aliphatic rings. The second kappa shape index (κ2) is 4.67. The Morgan fingerprint density at radius 2 is 1.77 bits per heavy atom. The van der Waals surface area contributed by atoms with Gasteiger partial charge in [0.15, 0.2) is 0 Å². The molecule has 13 heavy (non-hydrogen) atoms. The lowest BCUT2D eigenvalue weighted by atomic mass is 9.89. The zero-order valence-corrected chi connectivity index (χ0v) is 9.02. The van der Waals surface area contributed by atoms with Crippen LogP contribution in [0.2, 0.25) is 0 Å². The smallest absolute Gasteiger partial charge is 0.122 e. The van der Waals surface area contributed by atoms with E-state index in [1.165, 1.54) is 32.1 Å². The van der Waals surface area contributed by atoms with Crippen LogP contribution in [0, 0.1) is 17.8 Å². The second-order valence-electron chi connectivity index (χ2n) is 4.32. The first-order chi connectivity index (χ1) is 6.14. The highest BCUT2D eigenvalue weighted by Gasteiger charge is 2.14. The van der Waals surface area contributed by atoms with Crippen LogP contribution >= 0.6 is 0 Å². The van der Waals surface area contributed by atoms with Crippen molar-refractivity contribution in [2.75, 3.05) is 7.11 Å². The predicted octanol–water partition coefficient (Wildman–Crippen LogP) is 3.00. The van der Waals surface area contributed by atoms with Crippen LogP contribution in [0.4, 0.5) is 0 Å². The molecule has 1 fully saturated rings. The summed E-state index contributed by atoms with van der Waals surface area (Å²) in [7, 11) is 1.72. The fraction of sp³-hybridized carbons (Fsp3) is 0.833. The Hall–Kier alpha value is -0.480. The summed E-state index contributed by atoms with van der Waals surface area (Å²) in [5.41, 5.74) is -0.266. The number of methoxy groups -OCH3 is 1. The van der Waals surface area contributed by atoms with Crippen molar-refractivity contribution in [3.8, 4) is 11.8 Å². The topological polar surface area (TPSA) is 9.23 Å². The fourth-order valence-corrected chi connectivity index (χ4v) is 1.57. The van der Waals surface area contributed by atoms with Gasteiger partial charge in [0.25, 0.3) is 0 Å². The molecule has 0 heterocycles. The molecule has 0 N–H and O–H groups in total. The van der Waals surface area contributed by atoms with Gasteiger partial charge in [-0.3, -0.25) is 0 Å². The van der Waals surface area contributed by atoms with Gasteiger partial charge in [-0.25, -0.2) is 0 Å². The molecule has 0 atom stereocenters. The summed E-state index contributed by atoms with van der Waals surface area (Å²) in [4.78, 5) is 0. The van der Waals surface area contributed by atoms with Crippen molar-refractivity contribution in [2.24, 2.45) is 5.92 Å². The van der Waals surface area contributed by atoms with E-state index in [9.17, 15) is 0 Å². The zero-order chi connectivity index (χ0) is 9.73. The number of ether oxygens (including phenoxy) is 1. The van der Waals surface area contributed by atoms with Crippen molar-refractivity contribution in [1.82, 2.24) is 0 Å². The van der Waals surface area contributed by atoms with Gasteiger partial charge in [-0.05, 0) is 26.7 Å². The van der Waals surface area contributed by atoms with Gasteiger partial charge in [0, 0.05) is 13.0 Å². The predicted molar refractivity (Wildman–Crippen MR) is 55.4 cm³/mol. The molecule has 1 heteroatoms. The van der Waals surface area contributed by atoms with Gasteiger partial charge in [0.1, 0.15) is 5.60 Å². The van der Waals surface area contributed by atoms with Gasteiger partial charge in [-0.1, -0.05) is 31.1 Å². The van der Waals surface area contributed by atoms with E-state index in [0.717, 1.165) is 0 Å². The molecular weight excluding hydrogens is 160 g/mol. The first kappa shape index (κ1) is 10.6. The first-order valence-electron chi connectivity index (χ1n) is 5.22. The Labute approximate surface area is 81.9 Å². The van der Waals surface area contributed by atoms with E-state index in [-0.39, 0.29) is 5.60 Å². The maximum Gasteiger partial charge on any atom is 0.122 e. The fourth-order valence-electron chi connectivity index (χ4n) is 1.57. The highest BCUT2D eigenvalue weighted by atomic mass is 16.5. The van der Waals surface area contributed by atoms with Gasteiger partial charge >= 0.3 is 0 Å². The van der Waals surface area contributed by atoms with Crippen LogP contribution in [0.1, 0.15) is 46.0 Å². The first-order valence-corrected chi connectivity index (χ1v) is 5.22. The lowest BCUT2D eigenvalue weighted by molar-refractivity contribution is 0.0739. The third-order valence-electron chi connectivity index (χ3n) is 2.69. The Balaban J connectivity index is 2.44. The Kier molecular flexibility index (Phi) is 3.81. The maximum absolute atomic E-state index is 5.26. The van der Waals surface area contributed by atoms with Gasteiger partial charge in [-0.2, -0.15) is 0 Å². The molecule has 0 aromatic heterocycles. The standard InChI is InChI=1S/C12H20O/c1-12(2,13-3)10-9-11-7-5-4-6-8-11/h11H,4-8H2,1-3H3. The summed E-state index contributed by atoms with van der Waals surface area (Å²) in [5.74, 6) is 7.17. The number of hydrogen-bond acceptors (Lipinski definition) is 1. The molecule has 1 nitrogen and oxygen atoms in total. The second-order valence-corrected chi connectivity index (χ2v) is 4.32. The number of hydrogen-bond donors (Lipinski definition) is 0. The van der Waals surface area contributed by atoms with E-state index in [1.807, 2.05) is 13.8 Å². The quantitative estimate of drug-likeness (QED) is 0.564. The van der Waals surface area contributed by atoms with Crippen molar-refractivity contribution in [3.05, 3.63) is 0 Å². The highest BCUT2D eigenvalue weighted by molar-refractivity contribution is 5.13. The SMILES string of the molecule is COC(C)(C)C#CC1CCCCC1. The van der Waals surface area contributed by atoms with Gasteiger partial charge in [0.05, 0.1) is 0 Å². The highest BCUT2D eigenvalue weighted by Crippen LogP contribution is 2.23. The zero-order valence-electron chi connectivity index (χ0n) is 9.02. The van der Waals surface area contributed by atoms with Crippen molar-refractivity contribution in [2.45, 2.75) is 51.6 Å². The summed E-state index contributed by atoms with van der Waals surface area (Å²) in [5, 5.41) is 0. The van der Waals surface area contributed by atoms with E-state index in [0.29, 0.717) is 5.92 Å². The minimum atomic E-state index is -0.266. The molecule has 1 aliphatic carbocycles. The van der Waals surface area contributed by atoms with E-state index in [1.54, 1.807) is 7.11 Å². The van der Waals surface area contributed by atoms with E-state index >= 15 is 0 Å². The molecule has 0 aromatic rings. The number of rotatable bonds is 1. The average molecular weight is 180 g/mol. The lowest BCUT2D eigenvalue weighted by Gasteiger charge is -2.18. The third kappa shape index (κ3) is 3.83. The summed E-state index contributed by atoms with van der Waals surface area (Å²) in [6, 6.07) is 0. The molecule has 0 saturated heterocycles. The maximum atomic E-state index is 5.26. The Morgan fingerprint density at radius 1 is 1.15 bits per heavy atom. The summed E-state index contributed by atoms with van der Waals surface area (Å²) >= 11 is 0. The molecule has 0 aliphatic heterocycles. The van der Waals surface area contributed by atoms with E-state index < -0.39 is 0 Å². The molecule has 1 rings (SSSR count). The van der Waals surface area contributed by atoms with Crippen LogP contribution in [0.5, 0.6) is 0 Å². The summed E-state index contributed by atoms with van der Waals surface area (Å²) in [6.07, 6.45) is 6.67. The summed E-state index contributed by atoms with van der Waals surface area (Å²) in [6.45, 7) is 4.03. The molecule has 0 amide bonds. The van der Waals surface area contributed by atoms with E-state index in [4.69, 9.17) is 4.74 Å². The largest absolute Gasteiger partial charge is 0.366 e. The molecule has 0 unspecified atom stereocenters. The monoisotopic (exact) mass is 180 g/mol. The Morgan fingerprint density at radius 3 is 2.31 bits per heavy atom.